The van der Waals surface area contributed by atoms with E-state index in [4.69, 9.17) is 4.74 Å². The van der Waals surface area contributed by atoms with Gasteiger partial charge >= 0.3 is 0 Å². The second-order valence-corrected chi connectivity index (χ2v) is 5.12. The van der Waals surface area contributed by atoms with E-state index in [0.717, 1.165) is 12.8 Å². The van der Waals surface area contributed by atoms with Gasteiger partial charge in [0.05, 0.1) is 11.7 Å². The molecule has 0 saturated heterocycles. The normalized spacial score (nSPS) is 20.4. The van der Waals surface area contributed by atoms with Crippen LogP contribution < -0.4 is 0 Å². The molecule has 17 heavy (non-hydrogen) atoms. The quantitative estimate of drug-likeness (QED) is 0.868. The van der Waals surface area contributed by atoms with Crippen LogP contribution in [-0.2, 0) is 11.2 Å². The number of hydrogen-bond acceptors (Lipinski definition) is 2. The van der Waals surface area contributed by atoms with E-state index in [9.17, 15) is 5.11 Å². The molecule has 1 aromatic carbocycles. The van der Waals surface area contributed by atoms with Crippen molar-refractivity contribution in [3.63, 3.8) is 0 Å². The first-order valence-electron chi connectivity index (χ1n) is 6.46. The van der Waals surface area contributed by atoms with Crippen LogP contribution in [0.25, 0.3) is 0 Å². The number of benzene rings is 1. The zero-order valence-electron chi connectivity index (χ0n) is 10.8. The highest BCUT2D eigenvalue weighted by Crippen LogP contribution is 2.36. The summed E-state index contributed by atoms with van der Waals surface area (Å²) in [6, 6.07) is 8.25. The van der Waals surface area contributed by atoms with Gasteiger partial charge in [0.25, 0.3) is 0 Å². The Morgan fingerprint density at radius 1 is 1.29 bits per heavy atom. The van der Waals surface area contributed by atoms with Crippen molar-refractivity contribution in [3.05, 3.63) is 35.4 Å². The highest BCUT2D eigenvalue weighted by Gasteiger charge is 2.40. The topological polar surface area (TPSA) is 29.5 Å². The van der Waals surface area contributed by atoms with E-state index in [1.54, 1.807) is 7.11 Å². The molecule has 0 heterocycles. The second kappa shape index (κ2) is 5.19. The molecule has 0 bridgehead atoms. The van der Waals surface area contributed by atoms with Crippen molar-refractivity contribution >= 4 is 0 Å². The Bertz CT molecular complexity index is 367. The van der Waals surface area contributed by atoms with Gasteiger partial charge in [-0.1, -0.05) is 37.1 Å². The third-order valence-corrected chi connectivity index (χ3v) is 4.14. The minimum Gasteiger partial charge on any atom is -0.390 e. The minimum absolute atomic E-state index is 0.303. The number of ether oxygens (including phenoxy) is 1. The third kappa shape index (κ3) is 2.53. The Hall–Kier alpha value is -0.860. The van der Waals surface area contributed by atoms with Gasteiger partial charge in [-0.25, -0.2) is 0 Å². The molecular formula is C15H22O2. The predicted octanol–water partition coefficient (Wildman–Crippen LogP) is 2.86. The van der Waals surface area contributed by atoms with Crippen LogP contribution in [0.4, 0.5) is 0 Å². The number of methoxy groups -OCH3 is 1. The average molecular weight is 234 g/mol. The number of aliphatic hydroxyl groups is 1. The summed E-state index contributed by atoms with van der Waals surface area (Å²) in [5, 5.41) is 10.5. The molecule has 1 saturated carbocycles. The van der Waals surface area contributed by atoms with Crippen LogP contribution in [0.5, 0.6) is 0 Å². The minimum atomic E-state index is -0.393. The molecule has 1 aliphatic carbocycles. The van der Waals surface area contributed by atoms with E-state index in [1.165, 1.54) is 24.0 Å². The second-order valence-electron chi connectivity index (χ2n) is 5.12. The Kier molecular flexibility index (Phi) is 3.85. The van der Waals surface area contributed by atoms with E-state index in [1.807, 2.05) is 12.1 Å². The van der Waals surface area contributed by atoms with Crippen molar-refractivity contribution < 1.29 is 9.84 Å². The van der Waals surface area contributed by atoms with E-state index in [2.05, 4.69) is 19.1 Å². The summed E-state index contributed by atoms with van der Waals surface area (Å²) in [4.78, 5) is 0. The van der Waals surface area contributed by atoms with Crippen LogP contribution in [-0.4, -0.2) is 23.9 Å². The largest absolute Gasteiger partial charge is 0.390 e. The lowest BCUT2D eigenvalue weighted by molar-refractivity contribution is -0.0971. The van der Waals surface area contributed by atoms with Gasteiger partial charge in [0.15, 0.2) is 0 Å². The number of hydrogen-bond donors (Lipinski definition) is 1. The summed E-state index contributed by atoms with van der Waals surface area (Å²) in [6.45, 7) is 2.09. The molecule has 0 amide bonds. The Labute approximate surface area is 104 Å². The summed E-state index contributed by atoms with van der Waals surface area (Å²) >= 11 is 0. The predicted molar refractivity (Wildman–Crippen MR) is 69.1 cm³/mol. The van der Waals surface area contributed by atoms with Crippen molar-refractivity contribution in [1.82, 2.24) is 0 Å². The van der Waals surface area contributed by atoms with Gasteiger partial charge in [0, 0.05) is 13.5 Å². The lowest BCUT2D eigenvalue weighted by Crippen LogP contribution is -2.43. The molecule has 2 nitrogen and oxygen atoms in total. The third-order valence-electron chi connectivity index (χ3n) is 4.14. The van der Waals surface area contributed by atoms with Gasteiger partial charge in [-0.15, -0.1) is 0 Å². The zero-order valence-corrected chi connectivity index (χ0v) is 10.8. The fraction of sp³-hybridized carbons (Fsp3) is 0.600. The Morgan fingerprint density at radius 3 is 2.53 bits per heavy atom. The van der Waals surface area contributed by atoms with Crippen molar-refractivity contribution in [2.45, 2.75) is 50.7 Å². The first-order valence-corrected chi connectivity index (χ1v) is 6.46. The van der Waals surface area contributed by atoms with Crippen molar-refractivity contribution in [1.29, 1.82) is 0 Å². The lowest BCUT2D eigenvalue weighted by Gasteiger charge is -2.33. The van der Waals surface area contributed by atoms with Crippen molar-refractivity contribution in [2.75, 3.05) is 7.11 Å². The van der Waals surface area contributed by atoms with Gasteiger partial charge < -0.3 is 9.84 Å². The molecule has 1 fully saturated rings. The molecule has 1 atom stereocenters. The molecular weight excluding hydrogens is 212 g/mol. The summed E-state index contributed by atoms with van der Waals surface area (Å²) in [6.07, 6.45) is 4.60. The summed E-state index contributed by atoms with van der Waals surface area (Å²) in [5.41, 5.74) is 2.17. The summed E-state index contributed by atoms with van der Waals surface area (Å²) in [7, 11) is 1.73. The molecule has 0 aliphatic heterocycles. The molecule has 0 spiro atoms. The molecule has 0 radical (unpaired) electrons. The van der Waals surface area contributed by atoms with Gasteiger partial charge in [0.1, 0.15) is 0 Å². The number of aliphatic hydroxyl groups excluding tert-OH is 1. The molecule has 1 unspecified atom stereocenters. The Morgan fingerprint density at radius 2 is 1.94 bits per heavy atom. The standard InChI is InChI=1S/C15H22O2/c1-12-7-3-4-8-13(12)11-14(16)15(17-2)9-5-6-10-15/h3-4,7-8,14,16H,5-6,9-11H2,1-2H3. The highest BCUT2D eigenvalue weighted by atomic mass is 16.5. The summed E-state index contributed by atoms with van der Waals surface area (Å²) < 4.78 is 5.62. The molecule has 94 valence electrons. The first kappa shape index (κ1) is 12.6. The van der Waals surface area contributed by atoms with E-state index >= 15 is 0 Å². The van der Waals surface area contributed by atoms with Crippen molar-refractivity contribution in [3.8, 4) is 0 Å². The van der Waals surface area contributed by atoms with Crippen LogP contribution in [0.1, 0.15) is 36.8 Å². The smallest absolute Gasteiger partial charge is 0.0939 e. The molecule has 1 aliphatic rings. The van der Waals surface area contributed by atoms with Gasteiger partial charge in [-0.2, -0.15) is 0 Å². The molecule has 2 rings (SSSR count). The van der Waals surface area contributed by atoms with Crippen LogP contribution in [0.2, 0.25) is 0 Å². The van der Waals surface area contributed by atoms with E-state index in [-0.39, 0.29) is 5.60 Å². The number of aryl methyl sites for hydroxylation is 1. The zero-order chi connectivity index (χ0) is 12.3. The maximum atomic E-state index is 10.5. The van der Waals surface area contributed by atoms with E-state index in [0.29, 0.717) is 6.42 Å². The fourth-order valence-electron chi connectivity index (χ4n) is 2.88. The molecule has 0 aromatic heterocycles. The van der Waals surface area contributed by atoms with Crippen LogP contribution in [0.3, 0.4) is 0 Å². The SMILES string of the molecule is COC1(C(O)Cc2ccccc2C)CCCC1. The fourth-order valence-corrected chi connectivity index (χ4v) is 2.88. The molecule has 1 N–H and O–H groups in total. The lowest BCUT2D eigenvalue weighted by atomic mass is 9.88. The van der Waals surface area contributed by atoms with Gasteiger partial charge in [0.2, 0.25) is 0 Å². The summed E-state index contributed by atoms with van der Waals surface area (Å²) in [5.74, 6) is 0. The average Bonchev–Trinajstić information content (AvgIpc) is 2.82. The first-order chi connectivity index (χ1) is 8.18. The Balaban J connectivity index is 2.10. The molecule has 2 heteroatoms. The van der Waals surface area contributed by atoms with Crippen LogP contribution >= 0.6 is 0 Å². The maximum Gasteiger partial charge on any atom is 0.0939 e. The number of rotatable bonds is 4. The van der Waals surface area contributed by atoms with Crippen LogP contribution in [0.15, 0.2) is 24.3 Å². The highest BCUT2D eigenvalue weighted by molar-refractivity contribution is 5.26. The molecule has 1 aromatic rings. The van der Waals surface area contributed by atoms with Crippen LogP contribution in [0, 0.1) is 6.92 Å². The van der Waals surface area contributed by atoms with Gasteiger partial charge in [-0.3, -0.25) is 0 Å². The maximum absolute atomic E-state index is 10.5. The van der Waals surface area contributed by atoms with Gasteiger partial charge in [-0.05, 0) is 30.9 Å². The van der Waals surface area contributed by atoms with E-state index < -0.39 is 6.10 Å². The van der Waals surface area contributed by atoms with Crippen molar-refractivity contribution in [2.24, 2.45) is 0 Å². The monoisotopic (exact) mass is 234 g/mol.